The summed E-state index contributed by atoms with van der Waals surface area (Å²) in [6, 6.07) is 26.8. The van der Waals surface area contributed by atoms with Crippen LogP contribution in [0.5, 0.6) is 5.75 Å². The van der Waals surface area contributed by atoms with E-state index >= 15 is 0 Å². The van der Waals surface area contributed by atoms with Crippen molar-refractivity contribution in [1.82, 2.24) is 14.5 Å². The first-order valence-corrected chi connectivity index (χ1v) is 11.7. The topological polar surface area (TPSA) is 41.3 Å². The molecule has 0 amide bonds. The Morgan fingerprint density at radius 1 is 0.879 bits per heavy atom. The lowest BCUT2D eigenvalue weighted by Gasteiger charge is -2.23. The normalized spacial score (nSPS) is 11.3. The molecule has 1 heterocycles. The van der Waals surface area contributed by atoms with E-state index in [1.165, 1.54) is 11.3 Å². The zero-order valence-corrected chi connectivity index (χ0v) is 19.8. The quantitative estimate of drug-likeness (QED) is 0.321. The Kier molecular flexibility index (Phi) is 7.26. The molecule has 0 atom stereocenters. The second-order valence-electron chi connectivity index (χ2n) is 8.71. The van der Waals surface area contributed by atoms with Gasteiger partial charge in [0.05, 0.1) is 11.4 Å². The molecule has 1 N–H and O–H groups in total. The Balaban J connectivity index is 1.72. The van der Waals surface area contributed by atoms with Gasteiger partial charge >= 0.3 is 0 Å². The first-order chi connectivity index (χ1) is 16.1. The summed E-state index contributed by atoms with van der Waals surface area (Å²) in [4.78, 5) is 7.61. The molecule has 0 aliphatic rings. The van der Waals surface area contributed by atoms with Gasteiger partial charge in [-0.25, -0.2) is 4.98 Å². The molecule has 0 fully saturated rings. The second-order valence-corrected chi connectivity index (χ2v) is 8.71. The fourth-order valence-corrected chi connectivity index (χ4v) is 4.27. The smallest absolute Gasteiger partial charge is 0.140 e. The average Bonchev–Trinajstić information content (AvgIpc) is 3.17. The lowest BCUT2D eigenvalue weighted by Crippen LogP contribution is -2.25. The van der Waals surface area contributed by atoms with Gasteiger partial charge in [-0.05, 0) is 37.1 Å². The van der Waals surface area contributed by atoms with Crippen molar-refractivity contribution in [3.05, 3.63) is 95.7 Å². The van der Waals surface area contributed by atoms with Gasteiger partial charge < -0.3 is 9.67 Å². The van der Waals surface area contributed by atoms with Gasteiger partial charge in [-0.3, -0.25) is 4.90 Å². The minimum absolute atomic E-state index is 0.351. The maximum Gasteiger partial charge on any atom is 0.140 e. The van der Waals surface area contributed by atoms with Gasteiger partial charge in [0.2, 0.25) is 0 Å². The molecule has 4 rings (SSSR count). The highest BCUT2D eigenvalue weighted by Crippen LogP contribution is 2.30. The highest BCUT2D eigenvalue weighted by atomic mass is 16.3. The Bertz CT molecular complexity index is 1180. The summed E-state index contributed by atoms with van der Waals surface area (Å²) >= 11 is 0. The summed E-state index contributed by atoms with van der Waals surface area (Å²) in [7, 11) is 2.12. The van der Waals surface area contributed by atoms with Crippen LogP contribution in [0.4, 0.5) is 0 Å². The van der Waals surface area contributed by atoms with Crippen molar-refractivity contribution >= 4 is 0 Å². The van der Waals surface area contributed by atoms with E-state index in [9.17, 15) is 5.11 Å². The molecule has 4 aromatic rings. The van der Waals surface area contributed by atoms with Gasteiger partial charge in [-0.1, -0.05) is 86.1 Å². The predicted octanol–water partition coefficient (Wildman–Crippen LogP) is 6.57. The van der Waals surface area contributed by atoms with Gasteiger partial charge in [0.1, 0.15) is 11.6 Å². The first-order valence-electron chi connectivity index (χ1n) is 11.7. The van der Waals surface area contributed by atoms with E-state index in [-0.39, 0.29) is 0 Å². The molecule has 4 heteroatoms. The fraction of sp³-hybridized carbons (Fsp3) is 0.276. The van der Waals surface area contributed by atoms with E-state index in [2.05, 4.69) is 78.0 Å². The Labute approximate surface area is 197 Å². The number of phenolic OH excluding ortho intramolecular Hbond substituents is 1. The van der Waals surface area contributed by atoms with Crippen molar-refractivity contribution in [2.75, 3.05) is 6.54 Å². The zero-order valence-electron chi connectivity index (χ0n) is 19.8. The van der Waals surface area contributed by atoms with E-state index in [0.717, 1.165) is 60.7 Å². The van der Waals surface area contributed by atoms with E-state index < -0.39 is 0 Å². The molecule has 4 nitrogen and oxygen atoms in total. The van der Waals surface area contributed by atoms with Gasteiger partial charge in [0, 0.05) is 31.3 Å². The highest BCUT2D eigenvalue weighted by molar-refractivity contribution is 5.68. The summed E-state index contributed by atoms with van der Waals surface area (Å²) < 4.78 is 2.25. The Hall–Kier alpha value is -3.37. The van der Waals surface area contributed by atoms with Crippen LogP contribution in [0.3, 0.4) is 0 Å². The molecular weight excluding hydrogens is 406 g/mol. The summed E-state index contributed by atoms with van der Waals surface area (Å²) in [6.07, 6.45) is 2.29. The molecular formula is C29H33N3O. The summed E-state index contributed by atoms with van der Waals surface area (Å²) in [6.45, 7) is 6.84. The van der Waals surface area contributed by atoms with Crippen LogP contribution in [0.25, 0.3) is 22.6 Å². The third-order valence-corrected chi connectivity index (χ3v) is 6.16. The molecule has 33 heavy (non-hydrogen) atoms. The van der Waals surface area contributed by atoms with Crippen molar-refractivity contribution in [3.8, 4) is 28.4 Å². The number of benzene rings is 3. The van der Waals surface area contributed by atoms with Crippen LogP contribution >= 0.6 is 0 Å². The molecule has 3 aromatic carbocycles. The lowest BCUT2D eigenvalue weighted by atomic mass is 10.1. The lowest BCUT2D eigenvalue weighted by molar-refractivity contribution is 0.247. The Morgan fingerprint density at radius 2 is 1.55 bits per heavy atom. The van der Waals surface area contributed by atoms with Gasteiger partial charge in [0.15, 0.2) is 0 Å². The number of phenols is 1. The number of unbranched alkanes of at least 4 members (excludes halogenated alkanes) is 1. The van der Waals surface area contributed by atoms with Crippen LogP contribution in [-0.2, 0) is 20.1 Å². The molecule has 170 valence electrons. The first kappa shape index (κ1) is 22.8. The monoisotopic (exact) mass is 439 g/mol. The average molecular weight is 440 g/mol. The number of hydrogen-bond donors (Lipinski definition) is 1. The van der Waals surface area contributed by atoms with Crippen molar-refractivity contribution in [2.45, 2.75) is 39.8 Å². The molecule has 1 aromatic heterocycles. The van der Waals surface area contributed by atoms with E-state index in [1.54, 1.807) is 6.07 Å². The SMILES string of the molecule is CCCCN(Cc1ccc(O)c(C)c1)Cc1c(-c2ccccc2)nc(-c2ccccc2)n1C. The molecule has 0 spiro atoms. The molecule has 0 bridgehead atoms. The van der Waals surface area contributed by atoms with Gasteiger partial charge in [0.25, 0.3) is 0 Å². The summed E-state index contributed by atoms with van der Waals surface area (Å²) in [5.41, 5.74) is 6.65. The number of aromatic hydroxyl groups is 1. The summed E-state index contributed by atoms with van der Waals surface area (Å²) in [5, 5.41) is 9.94. The molecule has 0 radical (unpaired) electrons. The van der Waals surface area contributed by atoms with Gasteiger partial charge in [-0.15, -0.1) is 0 Å². The molecule has 0 saturated carbocycles. The van der Waals surface area contributed by atoms with Crippen LogP contribution in [0.2, 0.25) is 0 Å². The molecule has 0 aliphatic heterocycles. The van der Waals surface area contributed by atoms with Crippen LogP contribution < -0.4 is 0 Å². The van der Waals surface area contributed by atoms with E-state index in [4.69, 9.17) is 4.98 Å². The second kappa shape index (κ2) is 10.5. The molecule has 0 saturated heterocycles. The van der Waals surface area contributed by atoms with Gasteiger partial charge in [-0.2, -0.15) is 0 Å². The number of imidazole rings is 1. The molecule has 0 unspecified atom stereocenters. The highest BCUT2D eigenvalue weighted by Gasteiger charge is 2.20. The van der Waals surface area contributed by atoms with Crippen molar-refractivity contribution in [1.29, 1.82) is 0 Å². The fourth-order valence-electron chi connectivity index (χ4n) is 4.27. The zero-order chi connectivity index (χ0) is 23.2. The minimum atomic E-state index is 0.351. The van der Waals surface area contributed by atoms with Crippen LogP contribution in [-0.4, -0.2) is 26.1 Å². The maximum absolute atomic E-state index is 9.94. The number of rotatable bonds is 9. The van der Waals surface area contributed by atoms with Crippen LogP contribution in [0, 0.1) is 6.92 Å². The minimum Gasteiger partial charge on any atom is -0.508 e. The number of nitrogens with zero attached hydrogens (tertiary/aromatic N) is 3. The maximum atomic E-state index is 9.94. The number of aromatic nitrogens is 2. The summed E-state index contributed by atoms with van der Waals surface area (Å²) in [5.74, 6) is 1.34. The van der Waals surface area contributed by atoms with Crippen molar-refractivity contribution < 1.29 is 5.11 Å². The van der Waals surface area contributed by atoms with Crippen molar-refractivity contribution in [2.24, 2.45) is 7.05 Å². The Morgan fingerprint density at radius 3 is 2.18 bits per heavy atom. The number of aryl methyl sites for hydroxylation is 1. The van der Waals surface area contributed by atoms with Crippen LogP contribution in [0.1, 0.15) is 36.6 Å². The standard InChI is InChI=1S/C29H33N3O/c1-4-5-18-32(20-23-16-17-27(33)22(2)19-23)21-26-28(24-12-8-6-9-13-24)30-29(31(26)3)25-14-10-7-11-15-25/h6-17,19,33H,4-5,18,20-21H2,1-3H3. The van der Waals surface area contributed by atoms with E-state index in [0.29, 0.717) is 5.75 Å². The third kappa shape index (κ3) is 5.35. The van der Waals surface area contributed by atoms with Crippen molar-refractivity contribution in [3.63, 3.8) is 0 Å². The largest absolute Gasteiger partial charge is 0.508 e. The third-order valence-electron chi connectivity index (χ3n) is 6.16. The number of hydrogen-bond acceptors (Lipinski definition) is 3. The van der Waals surface area contributed by atoms with Crippen LogP contribution in [0.15, 0.2) is 78.9 Å². The van der Waals surface area contributed by atoms with E-state index in [1.807, 2.05) is 25.1 Å². The predicted molar refractivity (Wildman–Crippen MR) is 136 cm³/mol. The molecule has 0 aliphatic carbocycles.